The molecule has 34 heavy (non-hydrogen) atoms. The first-order chi connectivity index (χ1) is 16.4. The van der Waals surface area contributed by atoms with Gasteiger partial charge in [-0.25, -0.2) is 9.80 Å². The lowest BCUT2D eigenvalue weighted by Gasteiger charge is -2.34. The molecule has 2 aliphatic heterocycles. The number of carboxylic acids is 1. The number of methoxy groups -OCH3 is 1. The molecule has 2 N–H and O–H groups in total. The van der Waals surface area contributed by atoms with Crippen molar-refractivity contribution in [2.45, 2.75) is 25.9 Å². The average Bonchev–Trinajstić information content (AvgIpc) is 2.82. The zero-order valence-electron chi connectivity index (χ0n) is 18.6. The lowest BCUT2D eigenvalue weighted by atomic mass is 10.1. The lowest BCUT2D eigenvalue weighted by Crippen LogP contribution is -2.50. The van der Waals surface area contributed by atoms with E-state index in [0.717, 1.165) is 23.1 Å². The molecule has 0 saturated heterocycles. The number of amides is 1. The maximum Gasteiger partial charge on any atom is 0.341 e. The number of unbranched alkanes of at least 4 members (excludes halogenated alkanes) is 1. The fourth-order valence-corrected chi connectivity index (χ4v) is 4.85. The molecule has 0 aliphatic carbocycles. The molecule has 0 saturated carbocycles. The third-order valence-corrected chi connectivity index (χ3v) is 6.59. The second-order valence-electron chi connectivity index (χ2n) is 7.51. The fourth-order valence-electron chi connectivity index (χ4n) is 3.55. The molecule has 1 unspecified atom stereocenters. The minimum absolute atomic E-state index is 0.248. The van der Waals surface area contributed by atoms with Gasteiger partial charge in [-0.2, -0.15) is 0 Å². The number of nitrogens with one attached hydrogen (secondary N) is 1. The van der Waals surface area contributed by atoms with E-state index in [-0.39, 0.29) is 5.91 Å². The number of hydrogen-bond acceptors (Lipinski definition) is 8. The predicted molar refractivity (Wildman–Crippen MR) is 132 cm³/mol. The average molecular weight is 547 g/mol. The molecule has 0 spiro atoms. The van der Waals surface area contributed by atoms with Gasteiger partial charge in [0, 0.05) is 21.0 Å². The quantitative estimate of drug-likeness (QED) is 0.489. The number of carbonyl (C=O) groups is 2. The minimum atomic E-state index is -1.09. The number of amidine groups is 1. The summed E-state index contributed by atoms with van der Waals surface area (Å²) < 4.78 is 11.6. The van der Waals surface area contributed by atoms with Crippen molar-refractivity contribution in [2.75, 3.05) is 19.5 Å². The highest BCUT2D eigenvalue weighted by atomic mass is 79.9. The summed E-state index contributed by atoms with van der Waals surface area (Å²) in [5, 5.41) is 20.1. The Balaban J connectivity index is 1.80. The second-order valence-corrected chi connectivity index (χ2v) is 9.51. The molecule has 9 nitrogen and oxygen atoms in total. The normalized spacial score (nSPS) is 16.6. The Morgan fingerprint density at radius 3 is 2.82 bits per heavy atom. The molecule has 2 aromatic rings. The number of rotatable bonds is 8. The van der Waals surface area contributed by atoms with Gasteiger partial charge in [-0.3, -0.25) is 15.1 Å². The highest BCUT2D eigenvalue weighted by Crippen LogP contribution is 2.36. The number of carbonyl (C=O) groups excluding carboxylic acids is 1. The number of carboxylic acid groups (broad SMARTS) is 1. The van der Waals surface area contributed by atoms with Crippen molar-refractivity contribution in [3.05, 3.63) is 57.0 Å². The number of fused-ring (bicyclic) bond motifs is 2. The topological polar surface area (TPSA) is 113 Å². The molecule has 2 aliphatic rings. The number of hydrogen-bond donors (Lipinski definition) is 2. The van der Waals surface area contributed by atoms with Crippen LogP contribution in [-0.4, -0.2) is 46.6 Å². The first kappa shape index (κ1) is 24.1. The van der Waals surface area contributed by atoms with Gasteiger partial charge in [-0.05, 0) is 36.8 Å². The van der Waals surface area contributed by atoms with Gasteiger partial charge in [0.15, 0.2) is 29.4 Å². The number of aliphatic carboxylic acids is 1. The highest BCUT2D eigenvalue weighted by molar-refractivity contribution is 9.10. The van der Waals surface area contributed by atoms with Crippen molar-refractivity contribution in [3.63, 3.8) is 0 Å². The monoisotopic (exact) mass is 546 g/mol. The van der Waals surface area contributed by atoms with Crippen LogP contribution in [0.4, 0.5) is 0 Å². The summed E-state index contributed by atoms with van der Waals surface area (Å²) in [6, 6.07) is 10.7. The highest BCUT2D eigenvalue weighted by Gasteiger charge is 2.35. The van der Waals surface area contributed by atoms with E-state index in [1.54, 1.807) is 23.2 Å². The third-order valence-electron chi connectivity index (χ3n) is 5.14. The molecular formula is C23H23BrN4O5S. The first-order valence-electron chi connectivity index (χ1n) is 10.6. The van der Waals surface area contributed by atoms with Crippen LogP contribution in [-0.2, 0) is 9.59 Å². The van der Waals surface area contributed by atoms with E-state index in [9.17, 15) is 9.59 Å². The molecule has 11 heteroatoms. The van der Waals surface area contributed by atoms with E-state index >= 15 is 0 Å². The van der Waals surface area contributed by atoms with Crippen molar-refractivity contribution >= 4 is 50.4 Å². The maximum absolute atomic E-state index is 13.2. The van der Waals surface area contributed by atoms with E-state index in [1.807, 2.05) is 18.2 Å². The van der Waals surface area contributed by atoms with Crippen LogP contribution in [0.15, 0.2) is 51.0 Å². The summed E-state index contributed by atoms with van der Waals surface area (Å²) in [6.45, 7) is 1.62. The molecule has 0 aromatic heterocycles. The summed E-state index contributed by atoms with van der Waals surface area (Å²) >= 11 is 4.97. The molecular weight excluding hydrogens is 524 g/mol. The van der Waals surface area contributed by atoms with Crippen LogP contribution in [0.25, 0.3) is 5.70 Å². The molecule has 0 bridgehead atoms. The Morgan fingerprint density at radius 2 is 2.09 bits per heavy atom. The Bertz CT molecular complexity index is 1280. The van der Waals surface area contributed by atoms with E-state index in [4.69, 9.17) is 24.7 Å². The minimum Gasteiger partial charge on any atom is -0.493 e. The Labute approximate surface area is 208 Å². The standard InChI is InChI=1S/C23H23BrN4O5S/c1-3-4-9-34-23-26-22(31)20-15-11-14(24)6-7-16(15)25-21(28(20)27-23)13-5-8-17(18(10-13)32-2)33-12-19(29)30/h5-8,10-11,21H,3-4,9,12H2,1-2H3,(H,29,30)(H,26,27,31). The number of ether oxygens (including phenoxy) is 2. The fraction of sp³-hybridized carbons (Fsp3) is 0.304. The van der Waals surface area contributed by atoms with E-state index < -0.39 is 18.7 Å². The summed E-state index contributed by atoms with van der Waals surface area (Å²) in [4.78, 5) is 29.0. The maximum atomic E-state index is 13.2. The molecule has 2 aromatic carbocycles. The molecule has 2 heterocycles. The largest absolute Gasteiger partial charge is 0.493 e. The SMILES string of the molecule is CCCCSC1=NN2C(=c3cc(Br)ccc3=NC2c2ccc(OCC(=O)O)c(OC)c2)C(=O)N1. The molecule has 0 fully saturated rings. The van der Waals surface area contributed by atoms with Crippen molar-refractivity contribution < 1.29 is 24.2 Å². The smallest absolute Gasteiger partial charge is 0.341 e. The van der Waals surface area contributed by atoms with E-state index in [1.165, 1.54) is 18.9 Å². The number of benzene rings is 2. The van der Waals surface area contributed by atoms with Crippen LogP contribution >= 0.6 is 27.7 Å². The van der Waals surface area contributed by atoms with Gasteiger partial charge >= 0.3 is 5.97 Å². The van der Waals surface area contributed by atoms with Crippen LogP contribution in [0.3, 0.4) is 0 Å². The van der Waals surface area contributed by atoms with Crippen LogP contribution < -0.4 is 25.4 Å². The molecule has 0 radical (unpaired) electrons. The van der Waals surface area contributed by atoms with Gasteiger partial charge in [-0.15, -0.1) is 5.10 Å². The van der Waals surface area contributed by atoms with Gasteiger partial charge < -0.3 is 14.6 Å². The van der Waals surface area contributed by atoms with Crippen LogP contribution in [0.1, 0.15) is 31.5 Å². The molecule has 1 atom stereocenters. The van der Waals surface area contributed by atoms with Crippen LogP contribution in [0.2, 0.25) is 0 Å². The number of hydrazone groups is 1. The van der Waals surface area contributed by atoms with E-state index in [2.05, 4.69) is 28.2 Å². The van der Waals surface area contributed by atoms with Gasteiger partial charge in [0.1, 0.15) is 5.70 Å². The number of nitrogens with zero attached hydrogens (tertiary/aromatic N) is 3. The van der Waals surface area contributed by atoms with Crippen LogP contribution in [0, 0.1) is 0 Å². The Kier molecular flexibility index (Phi) is 7.42. The first-order valence-corrected chi connectivity index (χ1v) is 12.4. The summed E-state index contributed by atoms with van der Waals surface area (Å²) in [5.41, 5.74) is 1.11. The zero-order valence-corrected chi connectivity index (χ0v) is 21.0. The van der Waals surface area contributed by atoms with Gasteiger partial charge in [0.05, 0.1) is 12.5 Å². The van der Waals surface area contributed by atoms with Crippen molar-refractivity contribution in [1.29, 1.82) is 0 Å². The van der Waals surface area contributed by atoms with Crippen LogP contribution in [0.5, 0.6) is 11.5 Å². The zero-order chi connectivity index (χ0) is 24.2. The van der Waals surface area contributed by atoms with Gasteiger partial charge in [-0.1, -0.05) is 47.1 Å². The number of halogens is 1. The third kappa shape index (κ3) is 5.05. The molecule has 1 amide bonds. The Hall–Kier alpha value is -3.05. The lowest BCUT2D eigenvalue weighted by molar-refractivity contribution is -0.139. The van der Waals surface area contributed by atoms with Crippen molar-refractivity contribution in [2.24, 2.45) is 10.1 Å². The summed E-state index contributed by atoms with van der Waals surface area (Å²) in [7, 11) is 1.48. The second kappa shape index (κ2) is 10.5. The predicted octanol–water partition coefficient (Wildman–Crippen LogP) is 2.60. The molecule has 178 valence electrons. The molecule has 4 rings (SSSR count). The van der Waals surface area contributed by atoms with E-state index in [0.29, 0.717) is 38.5 Å². The van der Waals surface area contributed by atoms with Crippen molar-refractivity contribution in [3.8, 4) is 11.5 Å². The summed E-state index contributed by atoms with van der Waals surface area (Å²) in [5.74, 6) is 0.166. The summed E-state index contributed by atoms with van der Waals surface area (Å²) in [6.07, 6.45) is 1.43. The van der Waals surface area contributed by atoms with Crippen molar-refractivity contribution in [1.82, 2.24) is 10.3 Å². The number of thioether (sulfide) groups is 1. The van der Waals surface area contributed by atoms with Gasteiger partial charge in [0.2, 0.25) is 0 Å². The van der Waals surface area contributed by atoms with Gasteiger partial charge in [0.25, 0.3) is 5.91 Å². The Morgan fingerprint density at radius 1 is 1.26 bits per heavy atom.